The summed E-state index contributed by atoms with van der Waals surface area (Å²) in [5, 5.41) is 10.4. The van der Waals surface area contributed by atoms with E-state index in [4.69, 9.17) is 14.2 Å². The van der Waals surface area contributed by atoms with Gasteiger partial charge in [0, 0.05) is 38.2 Å². The van der Waals surface area contributed by atoms with Gasteiger partial charge in [-0.25, -0.2) is 0 Å². The second-order valence-corrected chi connectivity index (χ2v) is 8.54. The first-order valence-electron chi connectivity index (χ1n) is 11.4. The fraction of sp³-hybridized carbons (Fsp3) is 0.462. The molecule has 8 nitrogen and oxygen atoms in total. The Morgan fingerprint density at radius 3 is 2.24 bits per heavy atom. The van der Waals surface area contributed by atoms with Gasteiger partial charge in [-0.3, -0.25) is 14.5 Å². The first-order chi connectivity index (χ1) is 16.3. The lowest BCUT2D eigenvalue weighted by Crippen LogP contribution is -2.39. The summed E-state index contributed by atoms with van der Waals surface area (Å²) >= 11 is 0. The Hall–Kier alpha value is -3.26. The molecule has 0 unspecified atom stereocenters. The van der Waals surface area contributed by atoms with Gasteiger partial charge in [0.05, 0.1) is 33.8 Å². The largest absolute Gasteiger partial charge is 0.497 e. The second-order valence-electron chi connectivity index (χ2n) is 8.54. The third kappa shape index (κ3) is 5.28. The van der Waals surface area contributed by atoms with Crippen molar-refractivity contribution < 1.29 is 28.9 Å². The molecule has 1 amide bonds. The van der Waals surface area contributed by atoms with E-state index in [-0.39, 0.29) is 18.4 Å². The number of hydrogen-bond donors (Lipinski definition) is 1. The maximum Gasteiger partial charge on any atom is 0.309 e. The van der Waals surface area contributed by atoms with Crippen LogP contribution in [0.3, 0.4) is 0 Å². The highest BCUT2D eigenvalue weighted by atomic mass is 16.5. The summed E-state index contributed by atoms with van der Waals surface area (Å²) in [4.78, 5) is 29.3. The lowest BCUT2D eigenvalue weighted by atomic mass is 9.82. The summed E-state index contributed by atoms with van der Waals surface area (Å²) in [6.45, 7) is 3.21. The van der Waals surface area contributed by atoms with Gasteiger partial charge in [-0.05, 0) is 35.7 Å². The standard InChI is InChI=1S/C26H34N2O6/c1-6-13-27(2)23(29)16-28-15-21(20-12-11-19(33-4)14-22(20)34-5)24(26(30)31)25(28)17-7-9-18(32-3)10-8-17/h7-12,14,21,24-25H,6,13,15-16H2,1-5H3,(H,30,31)/t21-,24+,25-/m1/s1. The fourth-order valence-corrected chi connectivity index (χ4v) is 4.79. The van der Waals surface area contributed by atoms with Gasteiger partial charge in [0.15, 0.2) is 0 Å². The summed E-state index contributed by atoms with van der Waals surface area (Å²) < 4.78 is 16.2. The van der Waals surface area contributed by atoms with Crippen molar-refractivity contribution in [3.63, 3.8) is 0 Å². The number of ether oxygens (including phenoxy) is 3. The highest BCUT2D eigenvalue weighted by Gasteiger charge is 2.48. The van der Waals surface area contributed by atoms with E-state index in [0.717, 1.165) is 17.5 Å². The molecule has 1 fully saturated rings. The first-order valence-corrected chi connectivity index (χ1v) is 11.4. The Balaban J connectivity index is 2.06. The molecule has 1 aliphatic rings. The van der Waals surface area contributed by atoms with Crippen molar-refractivity contribution in [1.29, 1.82) is 0 Å². The van der Waals surface area contributed by atoms with Gasteiger partial charge < -0.3 is 24.2 Å². The highest BCUT2D eigenvalue weighted by Crippen LogP contribution is 2.48. The predicted octanol–water partition coefficient (Wildman–Crippen LogP) is 3.42. The van der Waals surface area contributed by atoms with Gasteiger partial charge >= 0.3 is 5.97 Å². The summed E-state index contributed by atoms with van der Waals surface area (Å²) in [7, 11) is 6.50. The van der Waals surface area contributed by atoms with E-state index in [0.29, 0.717) is 30.3 Å². The topological polar surface area (TPSA) is 88.5 Å². The average Bonchev–Trinajstić information content (AvgIpc) is 3.22. The van der Waals surface area contributed by atoms with Crippen LogP contribution in [0.15, 0.2) is 42.5 Å². The first kappa shape index (κ1) is 25.4. The molecule has 2 aromatic rings. The molecule has 1 aliphatic heterocycles. The molecule has 3 atom stereocenters. The second kappa shape index (κ2) is 11.2. The average molecular weight is 471 g/mol. The maximum atomic E-state index is 13.0. The zero-order valence-corrected chi connectivity index (χ0v) is 20.5. The van der Waals surface area contributed by atoms with E-state index in [1.807, 2.05) is 48.2 Å². The van der Waals surface area contributed by atoms with Gasteiger partial charge in [0.25, 0.3) is 0 Å². The number of carbonyl (C=O) groups excluding carboxylic acids is 1. The number of nitrogens with zero attached hydrogens (tertiary/aromatic N) is 2. The summed E-state index contributed by atoms with van der Waals surface area (Å²) in [5.74, 6) is -0.222. The minimum atomic E-state index is -0.916. The Morgan fingerprint density at radius 2 is 1.68 bits per heavy atom. The Kier molecular flexibility index (Phi) is 8.39. The summed E-state index contributed by atoms with van der Waals surface area (Å²) in [5.41, 5.74) is 1.61. The van der Waals surface area contributed by atoms with Crippen LogP contribution in [0.2, 0.25) is 0 Å². The van der Waals surface area contributed by atoms with Crippen LogP contribution in [0, 0.1) is 5.92 Å². The van der Waals surface area contributed by atoms with Crippen LogP contribution in [0.25, 0.3) is 0 Å². The van der Waals surface area contributed by atoms with Crippen LogP contribution in [0.1, 0.15) is 36.4 Å². The van der Waals surface area contributed by atoms with Crippen molar-refractivity contribution in [2.24, 2.45) is 5.92 Å². The molecular weight excluding hydrogens is 436 g/mol. The molecule has 8 heteroatoms. The van der Waals surface area contributed by atoms with Crippen LogP contribution in [-0.4, -0.2) is 74.8 Å². The minimum absolute atomic E-state index is 0.0353. The van der Waals surface area contributed by atoms with Crippen LogP contribution in [-0.2, 0) is 9.59 Å². The third-order valence-electron chi connectivity index (χ3n) is 6.50. The summed E-state index contributed by atoms with van der Waals surface area (Å²) in [6.07, 6.45) is 0.855. The number of carboxylic acids is 1. The van der Waals surface area contributed by atoms with E-state index >= 15 is 0 Å². The molecule has 3 rings (SSSR count). The molecular formula is C26H34N2O6. The van der Waals surface area contributed by atoms with Gasteiger partial charge in [-0.15, -0.1) is 0 Å². The molecule has 1 N–H and O–H groups in total. The van der Waals surface area contributed by atoms with Crippen LogP contribution >= 0.6 is 0 Å². The van der Waals surface area contributed by atoms with Crippen LogP contribution in [0.5, 0.6) is 17.2 Å². The third-order valence-corrected chi connectivity index (χ3v) is 6.50. The molecule has 2 aromatic carbocycles. The van der Waals surface area contributed by atoms with E-state index in [1.54, 1.807) is 39.3 Å². The molecule has 1 saturated heterocycles. The van der Waals surface area contributed by atoms with Crippen molar-refractivity contribution in [2.45, 2.75) is 25.3 Å². The number of carboxylic acid groups (broad SMARTS) is 1. The van der Waals surface area contributed by atoms with Gasteiger partial charge in [-0.2, -0.15) is 0 Å². The molecule has 0 aliphatic carbocycles. The molecule has 0 spiro atoms. The number of amides is 1. The Morgan fingerprint density at radius 1 is 1.03 bits per heavy atom. The van der Waals surface area contributed by atoms with Gasteiger partial charge in [0.1, 0.15) is 17.2 Å². The van der Waals surface area contributed by atoms with E-state index in [2.05, 4.69) is 0 Å². The number of benzene rings is 2. The van der Waals surface area contributed by atoms with Crippen molar-refractivity contribution in [3.8, 4) is 17.2 Å². The molecule has 0 radical (unpaired) electrons. The van der Waals surface area contributed by atoms with E-state index < -0.39 is 17.9 Å². The number of likely N-dealkylation sites (N-methyl/N-ethyl adjacent to an activating group) is 1. The molecule has 0 aromatic heterocycles. The smallest absolute Gasteiger partial charge is 0.309 e. The van der Waals surface area contributed by atoms with Crippen molar-refractivity contribution in [2.75, 3.05) is 48.0 Å². The normalized spacial score (nSPS) is 20.1. The van der Waals surface area contributed by atoms with Crippen LogP contribution in [0.4, 0.5) is 0 Å². The van der Waals surface area contributed by atoms with E-state index in [1.165, 1.54) is 0 Å². The number of aliphatic carboxylic acids is 1. The van der Waals surface area contributed by atoms with Gasteiger partial charge in [-0.1, -0.05) is 25.1 Å². The molecule has 0 saturated carbocycles. The molecule has 184 valence electrons. The van der Waals surface area contributed by atoms with Crippen molar-refractivity contribution in [3.05, 3.63) is 53.6 Å². The number of methoxy groups -OCH3 is 3. The predicted molar refractivity (Wildman–Crippen MR) is 129 cm³/mol. The highest BCUT2D eigenvalue weighted by molar-refractivity contribution is 5.79. The monoisotopic (exact) mass is 470 g/mol. The zero-order valence-electron chi connectivity index (χ0n) is 20.5. The number of likely N-dealkylation sites (tertiary alicyclic amines) is 1. The minimum Gasteiger partial charge on any atom is -0.497 e. The van der Waals surface area contributed by atoms with Crippen molar-refractivity contribution in [1.82, 2.24) is 9.80 Å². The van der Waals surface area contributed by atoms with Crippen molar-refractivity contribution >= 4 is 11.9 Å². The molecule has 0 bridgehead atoms. The van der Waals surface area contributed by atoms with Gasteiger partial charge in [0.2, 0.25) is 5.91 Å². The summed E-state index contributed by atoms with van der Waals surface area (Å²) in [6, 6.07) is 12.3. The zero-order chi connectivity index (χ0) is 24.8. The maximum absolute atomic E-state index is 13.0. The lowest BCUT2D eigenvalue weighted by molar-refractivity contribution is -0.143. The number of rotatable bonds is 10. The Labute approximate surface area is 201 Å². The quantitative estimate of drug-likeness (QED) is 0.569. The SMILES string of the molecule is CCCN(C)C(=O)CN1C[C@H](c2ccc(OC)cc2OC)[C@H](C(=O)O)[C@H]1c1ccc(OC)cc1. The lowest BCUT2D eigenvalue weighted by Gasteiger charge is -2.28. The molecule has 34 heavy (non-hydrogen) atoms. The number of carbonyl (C=O) groups is 2. The fourth-order valence-electron chi connectivity index (χ4n) is 4.79. The number of hydrogen-bond acceptors (Lipinski definition) is 6. The van der Waals surface area contributed by atoms with Crippen LogP contribution < -0.4 is 14.2 Å². The van der Waals surface area contributed by atoms with E-state index in [9.17, 15) is 14.7 Å². The Bertz CT molecular complexity index is 993. The molecule has 1 heterocycles.